The third-order valence-corrected chi connectivity index (χ3v) is 6.92. The molecule has 0 radical (unpaired) electrons. The molecule has 0 spiro atoms. The molecule has 2 rings (SSSR count). The zero-order valence-electron chi connectivity index (χ0n) is 12.1. The topological polar surface area (TPSA) is 84.0 Å². The van der Waals surface area contributed by atoms with Gasteiger partial charge in [-0.25, -0.2) is 25.4 Å². The lowest BCUT2D eigenvalue weighted by Gasteiger charge is -2.42. The highest BCUT2D eigenvalue weighted by atomic mass is 32.2. The van der Waals surface area contributed by atoms with Crippen molar-refractivity contribution >= 4 is 20.0 Å². The molecular formula is C11H22N2O5S2. The third-order valence-electron chi connectivity index (χ3n) is 4.43. The monoisotopic (exact) mass is 326 g/mol. The standard InChI is InChI=1S/C11H22N2O5S2/c1-18-9-11-4-5-12(19(2,14)15)6-10(11)7-13(8-11)20(3,16)17/h10H,4-9H2,1-3H3/t10-,11+/m1/s1. The fraction of sp³-hybridized carbons (Fsp3) is 1.00. The average molecular weight is 326 g/mol. The molecule has 0 unspecified atom stereocenters. The van der Waals surface area contributed by atoms with E-state index in [1.165, 1.54) is 21.1 Å². The highest BCUT2D eigenvalue weighted by molar-refractivity contribution is 7.88. The number of hydrogen-bond acceptors (Lipinski definition) is 5. The van der Waals surface area contributed by atoms with E-state index < -0.39 is 20.0 Å². The van der Waals surface area contributed by atoms with E-state index in [-0.39, 0.29) is 11.3 Å². The zero-order chi connectivity index (χ0) is 15.2. The molecule has 2 atom stereocenters. The number of fused-ring (bicyclic) bond motifs is 1. The van der Waals surface area contributed by atoms with E-state index in [0.717, 1.165) is 0 Å². The molecule has 0 N–H and O–H groups in total. The van der Waals surface area contributed by atoms with Crippen molar-refractivity contribution < 1.29 is 21.6 Å². The Hall–Kier alpha value is -0.220. The van der Waals surface area contributed by atoms with Crippen molar-refractivity contribution in [3.8, 4) is 0 Å². The summed E-state index contributed by atoms with van der Waals surface area (Å²) in [6.07, 6.45) is 3.02. The Morgan fingerprint density at radius 2 is 1.65 bits per heavy atom. The second-order valence-corrected chi connectivity index (χ2v) is 9.88. The van der Waals surface area contributed by atoms with E-state index in [1.54, 1.807) is 7.11 Å². The van der Waals surface area contributed by atoms with Gasteiger partial charge in [-0.05, 0) is 12.3 Å². The van der Waals surface area contributed by atoms with Crippen molar-refractivity contribution in [2.45, 2.75) is 6.42 Å². The van der Waals surface area contributed by atoms with Gasteiger partial charge in [-0.3, -0.25) is 0 Å². The van der Waals surface area contributed by atoms with Crippen molar-refractivity contribution in [1.82, 2.24) is 8.61 Å². The first-order valence-corrected chi connectivity index (χ1v) is 10.2. The highest BCUT2D eigenvalue weighted by Crippen LogP contribution is 2.44. The fourth-order valence-corrected chi connectivity index (χ4v) is 5.10. The van der Waals surface area contributed by atoms with Crippen molar-refractivity contribution in [2.75, 3.05) is 52.4 Å². The molecule has 0 aliphatic carbocycles. The number of ether oxygens (including phenoxy) is 1. The van der Waals surface area contributed by atoms with E-state index in [1.807, 2.05) is 0 Å². The number of nitrogens with zero attached hydrogens (tertiary/aromatic N) is 2. The van der Waals surface area contributed by atoms with Crippen molar-refractivity contribution in [3.05, 3.63) is 0 Å². The summed E-state index contributed by atoms with van der Waals surface area (Å²) in [5.41, 5.74) is -0.265. The first kappa shape index (κ1) is 16.2. The van der Waals surface area contributed by atoms with Gasteiger partial charge in [0.15, 0.2) is 0 Å². The molecule has 2 heterocycles. The molecule has 2 aliphatic rings. The minimum Gasteiger partial charge on any atom is -0.384 e. The van der Waals surface area contributed by atoms with Crippen LogP contribution >= 0.6 is 0 Å². The quantitative estimate of drug-likeness (QED) is 0.674. The van der Waals surface area contributed by atoms with E-state index in [9.17, 15) is 16.8 Å². The summed E-state index contributed by atoms with van der Waals surface area (Å²) in [4.78, 5) is 0. The second kappa shape index (κ2) is 5.20. The van der Waals surface area contributed by atoms with E-state index in [0.29, 0.717) is 39.2 Å². The van der Waals surface area contributed by atoms with Gasteiger partial charge in [-0.15, -0.1) is 0 Å². The molecule has 20 heavy (non-hydrogen) atoms. The Morgan fingerprint density at radius 1 is 1.10 bits per heavy atom. The van der Waals surface area contributed by atoms with Crippen LogP contribution in [0.15, 0.2) is 0 Å². The molecule has 118 valence electrons. The van der Waals surface area contributed by atoms with Crippen LogP contribution in [0.1, 0.15) is 6.42 Å². The molecule has 0 saturated carbocycles. The van der Waals surface area contributed by atoms with E-state index in [2.05, 4.69) is 0 Å². The van der Waals surface area contributed by atoms with Crippen molar-refractivity contribution in [2.24, 2.45) is 11.3 Å². The SMILES string of the molecule is COC[C@@]12CCN(S(C)(=O)=O)C[C@@H]1CN(S(C)(=O)=O)C2. The number of methoxy groups -OCH3 is 1. The van der Waals surface area contributed by atoms with Gasteiger partial charge in [0.05, 0.1) is 19.1 Å². The maximum atomic E-state index is 11.8. The lowest BCUT2D eigenvalue weighted by Crippen LogP contribution is -2.50. The number of piperidine rings is 1. The summed E-state index contributed by atoms with van der Waals surface area (Å²) >= 11 is 0. The van der Waals surface area contributed by atoms with Crippen molar-refractivity contribution in [3.63, 3.8) is 0 Å². The molecule has 7 nitrogen and oxygen atoms in total. The normalized spacial score (nSPS) is 33.2. The molecule has 2 saturated heterocycles. The summed E-state index contributed by atoms with van der Waals surface area (Å²) in [6.45, 7) is 2.04. The van der Waals surface area contributed by atoms with Gasteiger partial charge in [0, 0.05) is 38.7 Å². The summed E-state index contributed by atoms with van der Waals surface area (Å²) in [6, 6.07) is 0. The van der Waals surface area contributed by atoms with Crippen LogP contribution in [0.3, 0.4) is 0 Å². The lowest BCUT2D eigenvalue weighted by molar-refractivity contribution is 0.0210. The van der Waals surface area contributed by atoms with Crippen LogP contribution in [0.25, 0.3) is 0 Å². The average Bonchev–Trinajstić information content (AvgIpc) is 2.66. The number of sulfonamides is 2. The maximum Gasteiger partial charge on any atom is 0.211 e. The summed E-state index contributed by atoms with van der Waals surface area (Å²) in [5, 5.41) is 0. The van der Waals surface area contributed by atoms with Crippen LogP contribution in [-0.4, -0.2) is 77.9 Å². The first-order valence-electron chi connectivity index (χ1n) is 6.48. The maximum absolute atomic E-state index is 11.8. The predicted molar refractivity (Wildman–Crippen MR) is 75.2 cm³/mol. The Bertz CT molecular complexity index is 574. The largest absolute Gasteiger partial charge is 0.384 e. The molecule has 0 aromatic carbocycles. The zero-order valence-corrected chi connectivity index (χ0v) is 13.7. The van der Waals surface area contributed by atoms with E-state index in [4.69, 9.17) is 4.74 Å². The molecule has 0 aromatic rings. The van der Waals surface area contributed by atoms with Crippen LogP contribution < -0.4 is 0 Å². The van der Waals surface area contributed by atoms with Crippen LogP contribution in [0.2, 0.25) is 0 Å². The molecule has 9 heteroatoms. The summed E-state index contributed by atoms with van der Waals surface area (Å²) < 4.78 is 55.0. The Kier molecular flexibility index (Phi) is 4.20. The van der Waals surface area contributed by atoms with Crippen LogP contribution in [-0.2, 0) is 24.8 Å². The van der Waals surface area contributed by atoms with Gasteiger partial charge >= 0.3 is 0 Å². The number of hydrogen-bond donors (Lipinski definition) is 0. The van der Waals surface area contributed by atoms with E-state index >= 15 is 0 Å². The van der Waals surface area contributed by atoms with Gasteiger partial charge in [0.1, 0.15) is 0 Å². The highest BCUT2D eigenvalue weighted by Gasteiger charge is 2.52. The molecule has 2 fully saturated rings. The molecular weight excluding hydrogens is 304 g/mol. The lowest BCUT2D eigenvalue weighted by atomic mass is 9.74. The van der Waals surface area contributed by atoms with Crippen LogP contribution in [0, 0.1) is 11.3 Å². The van der Waals surface area contributed by atoms with Crippen LogP contribution in [0.4, 0.5) is 0 Å². The van der Waals surface area contributed by atoms with Gasteiger partial charge in [-0.1, -0.05) is 0 Å². The van der Waals surface area contributed by atoms with Crippen molar-refractivity contribution in [1.29, 1.82) is 0 Å². The minimum atomic E-state index is -3.26. The molecule has 0 bridgehead atoms. The Balaban J connectivity index is 2.26. The predicted octanol–water partition coefficient (Wildman–Crippen LogP) is -0.824. The minimum absolute atomic E-state index is 0.0133. The van der Waals surface area contributed by atoms with Gasteiger partial charge in [0.25, 0.3) is 0 Å². The van der Waals surface area contributed by atoms with Gasteiger partial charge < -0.3 is 4.74 Å². The van der Waals surface area contributed by atoms with Gasteiger partial charge in [0.2, 0.25) is 20.0 Å². The molecule has 0 aromatic heterocycles. The second-order valence-electron chi connectivity index (χ2n) is 5.92. The number of rotatable bonds is 4. The Morgan fingerprint density at radius 3 is 2.15 bits per heavy atom. The van der Waals surface area contributed by atoms with Gasteiger partial charge in [-0.2, -0.15) is 0 Å². The third kappa shape index (κ3) is 3.01. The molecule has 0 amide bonds. The molecule has 2 aliphatic heterocycles. The first-order chi connectivity index (χ1) is 9.08. The summed E-state index contributed by atoms with van der Waals surface area (Å²) in [5.74, 6) is -0.0133. The Labute approximate surface area is 121 Å². The van der Waals surface area contributed by atoms with Crippen LogP contribution in [0.5, 0.6) is 0 Å². The smallest absolute Gasteiger partial charge is 0.211 e. The summed E-state index contributed by atoms with van der Waals surface area (Å²) in [7, 11) is -4.90. The fourth-order valence-electron chi connectivity index (χ4n) is 3.28.